The molecule has 0 unspecified atom stereocenters. The standard InChI is InChI=1S/C15H16ClNO7/c1-4-24-15(21)17-10-7-8(16)5-6-9(10)12(18)11(13(19)22-2)14(20)23-3/h5-7,11H,4H2,1-3H3,(H,17,21). The van der Waals surface area contributed by atoms with Crippen LogP contribution in [0.2, 0.25) is 5.02 Å². The quantitative estimate of drug-likeness (QED) is 0.359. The lowest BCUT2D eigenvalue weighted by atomic mass is 9.96. The SMILES string of the molecule is CCOC(=O)Nc1cc(Cl)ccc1C(=O)C(C(=O)OC)C(=O)OC. The Morgan fingerprint density at radius 1 is 1.12 bits per heavy atom. The van der Waals surface area contributed by atoms with Crippen LogP contribution in [0.25, 0.3) is 0 Å². The van der Waals surface area contributed by atoms with Gasteiger partial charge >= 0.3 is 18.0 Å². The lowest BCUT2D eigenvalue weighted by Crippen LogP contribution is -2.34. The van der Waals surface area contributed by atoms with E-state index in [1.165, 1.54) is 18.2 Å². The van der Waals surface area contributed by atoms with Crippen LogP contribution in [0, 0.1) is 5.92 Å². The molecule has 24 heavy (non-hydrogen) atoms. The molecule has 1 N–H and O–H groups in total. The van der Waals surface area contributed by atoms with Crippen molar-refractivity contribution < 1.29 is 33.4 Å². The highest BCUT2D eigenvalue weighted by Gasteiger charge is 2.38. The van der Waals surface area contributed by atoms with E-state index in [9.17, 15) is 19.2 Å². The number of hydrogen-bond acceptors (Lipinski definition) is 7. The lowest BCUT2D eigenvalue weighted by molar-refractivity contribution is -0.155. The summed E-state index contributed by atoms with van der Waals surface area (Å²) in [6, 6.07) is 3.93. The van der Waals surface area contributed by atoms with E-state index in [1.807, 2.05) is 0 Å². The zero-order valence-corrected chi connectivity index (χ0v) is 14.0. The summed E-state index contributed by atoms with van der Waals surface area (Å²) in [5, 5.41) is 2.56. The summed E-state index contributed by atoms with van der Waals surface area (Å²) in [5.74, 6) is -4.88. The number of Topliss-reactive ketones (excluding diaryl/α,β-unsaturated/α-hetero) is 1. The topological polar surface area (TPSA) is 108 Å². The summed E-state index contributed by atoms with van der Waals surface area (Å²) < 4.78 is 13.7. The first-order valence-electron chi connectivity index (χ1n) is 6.78. The summed E-state index contributed by atoms with van der Waals surface area (Å²) in [7, 11) is 2.07. The number of nitrogens with one attached hydrogen (secondary N) is 1. The van der Waals surface area contributed by atoms with E-state index < -0.39 is 29.7 Å². The number of rotatable bonds is 6. The van der Waals surface area contributed by atoms with Crippen molar-refractivity contribution in [2.75, 3.05) is 26.1 Å². The Labute approximate surface area is 143 Å². The van der Waals surface area contributed by atoms with Gasteiger partial charge < -0.3 is 14.2 Å². The van der Waals surface area contributed by atoms with Gasteiger partial charge in [-0.1, -0.05) is 11.6 Å². The number of hydrogen-bond donors (Lipinski definition) is 1. The Hall–Kier alpha value is -2.61. The molecule has 0 spiro atoms. The van der Waals surface area contributed by atoms with Crippen molar-refractivity contribution >= 4 is 41.1 Å². The van der Waals surface area contributed by atoms with Crippen LogP contribution in [-0.2, 0) is 23.8 Å². The summed E-state index contributed by atoms with van der Waals surface area (Å²) in [4.78, 5) is 47.7. The van der Waals surface area contributed by atoms with Gasteiger partial charge in [-0.2, -0.15) is 0 Å². The van der Waals surface area contributed by atoms with Crippen LogP contribution < -0.4 is 5.32 Å². The number of ether oxygens (including phenoxy) is 3. The highest BCUT2D eigenvalue weighted by molar-refractivity contribution is 6.31. The minimum absolute atomic E-state index is 0.0104. The fourth-order valence-corrected chi connectivity index (χ4v) is 1.99. The summed E-state index contributed by atoms with van der Waals surface area (Å²) >= 11 is 5.85. The fraction of sp³-hybridized carbons (Fsp3) is 0.333. The van der Waals surface area contributed by atoms with Crippen LogP contribution >= 0.6 is 11.6 Å². The van der Waals surface area contributed by atoms with E-state index in [1.54, 1.807) is 6.92 Å². The normalized spacial score (nSPS) is 10.0. The molecule has 0 aliphatic heterocycles. The minimum Gasteiger partial charge on any atom is -0.468 e. The Morgan fingerprint density at radius 2 is 1.71 bits per heavy atom. The van der Waals surface area contributed by atoms with Crippen molar-refractivity contribution in [1.29, 1.82) is 0 Å². The number of ketones is 1. The van der Waals surface area contributed by atoms with Gasteiger partial charge in [-0.3, -0.25) is 19.7 Å². The maximum absolute atomic E-state index is 12.6. The molecule has 0 saturated heterocycles. The number of amides is 1. The summed E-state index contributed by atoms with van der Waals surface area (Å²) in [6.07, 6.45) is -0.818. The monoisotopic (exact) mass is 357 g/mol. The molecular formula is C15H16ClNO7. The van der Waals surface area contributed by atoms with Crippen molar-refractivity contribution in [3.8, 4) is 0 Å². The number of benzene rings is 1. The largest absolute Gasteiger partial charge is 0.468 e. The van der Waals surface area contributed by atoms with E-state index in [0.717, 1.165) is 14.2 Å². The van der Waals surface area contributed by atoms with Gasteiger partial charge in [-0.05, 0) is 25.1 Å². The van der Waals surface area contributed by atoms with E-state index in [-0.39, 0.29) is 22.9 Å². The second kappa shape index (κ2) is 8.88. The van der Waals surface area contributed by atoms with Crippen molar-refractivity contribution in [3.63, 3.8) is 0 Å². The molecule has 0 saturated carbocycles. The first kappa shape index (κ1) is 19.4. The first-order valence-corrected chi connectivity index (χ1v) is 7.16. The third-order valence-corrected chi connectivity index (χ3v) is 3.13. The molecule has 8 nitrogen and oxygen atoms in total. The van der Waals surface area contributed by atoms with Gasteiger partial charge in [-0.25, -0.2) is 4.79 Å². The van der Waals surface area contributed by atoms with Gasteiger partial charge in [0.15, 0.2) is 5.78 Å². The van der Waals surface area contributed by atoms with Gasteiger partial charge in [0.2, 0.25) is 5.92 Å². The molecule has 0 aliphatic carbocycles. The number of carbonyl (C=O) groups excluding carboxylic acids is 4. The van der Waals surface area contributed by atoms with Gasteiger partial charge in [0.05, 0.1) is 26.5 Å². The van der Waals surface area contributed by atoms with E-state index in [2.05, 4.69) is 14.8 Å². The first-order chi connectivity index (χ1) is 11.3. The third-order valence-electron chi connectivity index (χ3n) is 2.90. The Balaban J connectivity index is 3.27. The predicted molar refractivity (Wildman–Crippen MR) is 83.9 cm³/mol. The minimum atomic E-state index is -1.82. The molecule has 0 atom stereocenters. The Bertz CT molecular complexity index is 643. The second-order valence-corrected chi connectivity index (χ2v) is 4.82. The molecule has 130 valence electrons. The Kier molecular flexibility index (Phi) is 7.19. The number of halogens is 1. The van der Waals surface area contributed by atoms with Crippen LogP contribution in [0.5, 0.6) is 0 Å². The molecule has 0 fully saturated rings. The third kappa shape index (κ3) is 4.69. The summed E-state index contributed by atoms with van der Waals surface area (Å²) in [6.45, 7) is 1.72. The molecule has 0 aromatic heterocycles. The molecule has 1 amide bonds. The maximum atomic E-state index is 12.6. The number of carbonyl (C=O) groups is 4. The van der Waals surface area contributed by atoms with Crippen molar-refractivity contribution in [2.45, 2.75) is 6.92 Å². The van der Waals surface area contributed by atoms with Gasteiger partial charge in [0.1, 0.15) is 0 Å². The average molecular weight is 358 g/mol. The molecule has 1 aromatic rings. The molecular weight excluding hydrogens is 342 g/mol. The second-order valence-electron chi connectivity index (χ2n) is 4.38. The van der Waals surface area contributed by atoms with Gasteiger partial charge in [-0.15, -0.1) is 0 Å². The smallest absolute Gasteiger partial charge is 0.411 e. The van der Waals surface area contributed by atoms with Crippen molar-refractivity contribution in [2.24, 2.45) is 5.92 Å². The molecule has 1 rings (SSSR count). The average Bonchev–Trinajstić information content (AvgIpc) is 2.54. The van der Waals surface area contributed by atoms with Crippen molar-refractivity contribution in [3.05, 3.63) is 28.8 Å². The molecule has 9 heteroatoms. The van der Waals surface area contributed by atoms with Crippen LogP contribution in [0.4, 0.5) is 10.5 Å². The van der Waals surface area contributed by atoms with E-state index in [0.29, 0.717) is 0 Å². The predicted octanol–water partition coefficient (Wildman–Crippen LogP) is 2.05. The highest BCUT2D eigenvalue weighted by Crippen LogP contribution is 2.25. The molecule has 0 aliphatic rings. The maximum Gasteiger partial charge on any atom is 0.411 e. The highest BCUT2D eigenvalue weighted by atomic mass is 35.5. The fourth-order valence-electron chi connectivity index (χ4n) is 1.81. The molecule has 0 bridgehead atoms. The van der Waals surface area contributed by atoms with Crippen LogP contribution in [0.3, 0.4) is 0 Å². The van der Waals surface area contributed by atoms with E-state index >= 15 is 0 Å². The molecule has 0 radical (unpaired) electrons. The molecule has 1 aromatic carbocycles. The van der Waals surface area contributed by atoms with Gasteiger partial charge in [0, 0.05) is 10.6 Å². The molecule has 0 heterocycles. The zero-order chi connectivity index (χ0) is 18.3. The van der Waals surface area contributed by atoms with Crippen LogP contribution in [0.1, 0.15) is 17.3 Å². The zero-order valence-electron chi connectivity index (χ0n) is 13.3. The number of methoxy groups -OCH3 is 2. The summed E-state index contributed by atoms with van der Waals surface area (Å²) in [5.41, 5.74) is -0.128. The van der Waals surface area contributed by atoms with E-state index in [4.69, 9.17) is 16.3 Å². The number of esters is 2. The van der Waals surface area contributed by atoms with Crippen molar-refractivity contribution in [1.82, 2.24) is 0 Å². The lowest BCUT2D eigenvalue weighted by Gasteiger charge is -2.15. The van der Waals surface area contributed by atoms with Crippen LogP contribution in [-0.4, -0.2) is 44.6 Å². The van der Waals surface area contributed by atoms with Gasteiger partial charge in [0.25, 0.3) is 0 Å². The Morgan fingerprint density at radius 3 is 2.21 bits per heavy atom. The number of anilines is 1. The van der Waals surface area contributed by atoms with Crippen LogP contribution in [0.15, 0.2) is 18.2 Å².